The molecule has 0 aliphatic rings. The molecule has 0 unspecified atom stereocenters. The minimum absolute atomic E-state index is 0.147. The van der Waals surface area contributed by atoms with Crippen molar-refractivity contribution in [1.82, 2.24) is 0 Å². The molecule has 0 spiro atoms. The fourth-order valence-corrected chi connectivity index (χ4v) is 2.14. The van der Waals surface area contributed by atoms with Gasteiger partial charge in [-0.3, -0.25) is 4.79 Å². The first-order valence-corrected chi connectivity index (χ1v) is 6.41. The Morgan fingerprint density at radius 2 is 1.94 bits per heavy atom. The van der Waals surface area contributed by atoms with Crippen LogP contribution in [-0.2, 0) is 9.53 Å². The Morgan fingerprint density at radius 3 is 2.44 bits per heavy atom. The molecule has 0 atom stereocenters. The van der Waals surface area contributed by atoms with Crippen LogP contribution in [0.4, 0.5) is 0 Å². The molecule has 0 aromatic heterocycles. The maximum absolute atomic E-state index is 10.9. The molecule has 3 heteroatoms. The van der Waals surface area contributed by atoms with E-state index in [1.165, 1.54) is 17.6 Å². The van der Waals surface area contributed by atoms with Crippen LogP contribution < -0.4 is 0 Å². The first-order valence-electron chi connectivity index (χ1n) is 5.43. The van der Waals surface area contributed by atoms with Crippen molar-refractivity contribution in [1.29, 1.82) is 0 Å². The van der Waals surface area contributed by atoms with Crippen LogP contribution in [0.5, 0.6) is 0 Å². The van der Waals surface area contributed by atoms with Crippen LogP contribution in [0, 0.1) is 0 Å². The SMILES string of the molecule is COC(=O)CCSc1ccc(C(C)C)cc1. The van der Waals surface area contributed by atoms with Gasteiger partial charge in [0.15, 0.2) is 0 Å². The summed E-state index contributed by atoms with van der Waals surface area (Å²) >= 11 is 1.68. The van der Waals surface area contributed by atoms with E-state index in [0.717, 1.165) is 5.75 Å². The molecule has 0 saturated carbocycles. The molecule has 2 nitrogen and oxygen atoms in total. The van der Waals surface area contributed by atoms with Gasteiger partial charge in [0.1, 0.15) is 0 Å². The van der Waals surface area contributed by atoms with Crippen molar-refractivity contribution in [2.45, 2.75) is 31.1 Å². The Morgan fingerprint density at radius 1 is 1.31 bits per heavy atom. The van der Waals surface area contributed by atoms with Crippen LogP contribution in [-0.4, -0.2) is 18.8 Å². The average Bonchev–Trinajstić information content (AvgIpc) is 2.29. The number of carbonyl (C=O) groups excluding carboxylic acids is 1. The van der Waals surface area contributed by atoms with E-state index >= 15 is 0 Å². The van der Waals surface area contributed by atoms with Gasteiger partial charge in [0.05, 0.1) is 13.5 Å². The Bertz CT molecular complexity index is 330. The molecule has 1 aromatic carbocycles. The second kappa shape index (κ2) is 6.59. The van der Waals surface area contributed by atoms with Gasteiger partial charge in [-0.05, 0) is 23.6 Å². The van der Waals surface area contributed by atoms with E-state index in [9.17, 15) is 4.79 Å². The van der Waals surface area contributed by atoms with Gasteiger partial charge in [0.25, 0.3) is 0 Å². The van der Waals surface area contributed by atoms with E-state index < -0.39 is 0 Å². The first kappa shape index (κ1) is 13.1. The summed E-state index contributed by atoms with van der Waals surface area (Å²) in [5, 5.41) is 0. The lowest BCUT2D eigenvalue weighted by Gasteiger charge is -2.06. The topological polar surface area (TPSA) is 26.3 Å². The fourth-order valence-electron chi connectivity index (χ4n) is 1.30. The molecular formula is C13H18O2S. The number of esters is 1. The van der Waals surface area contributed by atoms with Gasteiger partial charge >= 0.3 is 5.97 Å². The maximum Gasteiger partial charge on any atom is 0.306 e. The van der Waals surface area contributed by atoms with Crippen LogP contribution >= 0.6 is 11.8 Å². The Kier molecular flexibility index (Phi) is 5.39. The second-order valence-corrected chi connectivity index (χ2v) is 5.07. The fraction of sp³-hybridized carbons (Fsp3) is 0.462. The van der Waals surface area contributed by atoms with Crippen molar-refractivity contribution >= 4 is 17.7 Å². The molecule has 0 N–H and O–H groups in total. The van der Waals surface area contributed by atoms with Crippen LogP contribution in [0.25, 0.3) is 0 Å². The second-order valence-electron chi connectivity index (χ2n) is 3.90. The Balaban J connectivity index is 2.40. The van der Waals surface area contributed by atoms with Gasteiger partial charge in [-0.1, -0.05) is 26.0 Å². The molecule has 0 amide bonds. The lowest BCUT2D eigenvalue weighted by atomic mass is 10.0. The van der Waals surface area contributed by atoms with Gasteiger partial charge in [0, 0.05) is 10.6 Å². The number of hydrogen-bond acceptors (Lipinski definition) is 3. The van der Waals surface area contributed by atoms with Crippen molar-refractivity contribution < 1.29 is 9.53 Å². The largest absolute Gasteiger partial charge is 0.469 e. The summed E-state index contributed by atoms with van der Waals surface area (Å²) in [4.78, 5) is 12.1. The summed E-state index contributed by atoms with van der Waals surface area (Å²) < 4.78 is 4.59. The van der Waals surface area contributed by atoms with Crippen molar-refractivity contribution in [3.8, 4) is 0 Å². The monoisotopic (exact) mass is 238 g/mol. The zero-order valence-electron chi connectivity index (χ0n) is 10.0. The smallest absolute Gasteiger partial charge is 0.306 e. The number of benzene rings is 1. The van der Waals surface area contributed by atoms with Crippen molar-refractivity contribution in [2.75, 3.05) is 12.9 Å². The molecule has 0 aliphatic heterocycles. The molecule has 16 heavy (non-hydrogen) atoms. The lowest BCUT2D eigenvalue weighted by molar-refractivity contribution is -0.140. The summed E-state index contributed by atoms with van der Waals surface area (Å²) in [5.41, 5.74) is 1.34. The van der Waals surface area contributed by atoms with E-state index in [0.29, 0.717) is 12.3 Å². The number of thioether (sulfide) groups is 1. The van der Waals surface area contributed by atoms with Crippen LogP contribution in [0.15, 0.2) is 29.2 Å². The highest BCUT2D eigenvalue weighted by Crippen LogP contribution is 2.22. The minimum Gasteiger partial charge on any atom is -0.469 e. The molecular weight excluding hydrogens is 220 g/mol. The predicted molar refractivity (Wildman–Crippen MR) is 67.9 cm³/mol. The number of hydrogen-bond donors (Lipinski definition) is 0. The number of rotatable bonds is 5. The summed E-state index contributed by atoms with van der Waals surface area (Å²) in [6.07, 6.45) is 0.465. The maximum atomic E-state index is 10.9. The molecule has 0 saturated heterocycles. The molecule has 1 aromatic rings. The van der Waals surface area contributed by atoms with E-state index in [-0.39, 0.29) is 5.97 Å². The van der Waals surface area contributed by atoms with Gasteiger partial charge in [-0.2, -0.15) is 0 Å². The van der Waals surface area contributed by atoms with Gasteiger partial charge in [-0.15, -0.1) is 11.8 Å². The highest BCUT2D eigenvalue weighted by atomic mass is 32.2. The average molecular weight is 238 g/mol. The van der Waals surface area contributed by atoms with E-state index in [1.54, 1.807) is 11.8 Å². The van der Waals surface area contributed by atoms with Crippen LogP contribution in [0.1, 0.15) is 31.7 Å². The minimum atomic E-state index is -0.147. The molecule has 0 heterocycles. The van der Waals surface area contributed by atoms with Gasteiger partial charge < -0.3 is 4.74 Å². The summed E-state index contributed by atoms with van der Waals surface area (Å²) in [5.74, 6) is 1.19. The first-order chi connectivity index (χ1) is 7.63. The number of ether oxygens (including phenoxy) is 1. The third kappa shape index (κ3) is 4.27. The summed E-state index contributed by atoms with van der Waals surface area (Å²) in [6, 6.07) is 8.50. The molecule has 1 rings (SSSR count). The highest BCUT2D eigenvalue weighted by Gasteiger charge is 2.02. The standard InChI is InChI=1S/C13H18O2S/c1-10(2)11-4-6-12(7-5-11)16-9-8-13(14)15-3/h4-7,10H,8-9H2,1-3H3. The molecule has 0 bridgehead atoms. The Hall–Kier alpha value is -0.960. The number of methoxy groups -OCH3 is 1. The predicted octanol–water partition coefficient (Wildman–Crippen LogP) is 3.47. The van der Waals surface area contributed by atoms with E-state index in [4.69, 9.17) is 0 Å². The third-order valence-corrected chi connectivity index (χ3v) is 3.36. The normalized spacial score (nSPS) is 10.5. The van der Waals surface area contributed by atoms with Crippen molar-refractivity contribution in [2.24, 2.45) is 0 Å². The van der Waals surface area contributed by atoms with Crippen molar-refractivity contribution in [3.05, 3.63) is 29.8 Å². The van der Waals surface area contributed by atoms with Crippen molar-refractivity contribution in [3.63, 3.8) is 0 Å². The lowest BCUT2D eigenvalue weighted by Crippen LogP contribution is -2.00. The zero-order chi connectivity index (χ0) is 12.0. The zero-order valence-corrected chi connectivity index (χ0v) is 10.8. The molecule has 0 fully saturated rings. The van der Waals surface area contributed by atoms with Crippen LogP contribution in [0.2, 0.25) is 0 Å². The quantitative estimate of drug-likeness (QED) is 0.580. The molecule has 0 radical (unpaired) electrons. The van der Waals surface area contributed by atoms with Crippen LogP contribution in [0.3, 0.4) is 0 Å². The van der Waals surface area contributed by atoms with E-state index in [1.807, 2.05) is 0 Å². The summed E-state index contributed by atoms with van der Waals surface area (Å²) in [6.45, 7) is 4.36. The molecule has 0 aliphatic carbocycles. The molecule has 88 valence electrons. The van der Waals surface area contributed by atoms with Gasteiger partial charge in [-0.25, -0.2) is 0 Å². The Labute approximate surface area is 101 Å². The third-order valence-electron chi connectivity index (χ3n) is 2.35. The summed E-state index contributed by atoms with van der Waals surface area (Å²) in [7, 11) is 1.42. The van der Waals surface area contributed by atoms with E-state index in [2.05, 4.69) is 42.8 Å². The van der Waals surface area contributed by atoms with Gasteiger partial charge in [0.2, 0.25) is 0 Å². The highest BCUT2D eigenvalue weighted by molar-refractivity contribution is 7.99. The number of carbonyl (C=O) groups is 1.